The number of benzene rings is 1. The number of hydrogen-bond acceptors (Lipinski definition) is 7. The first-order valence-electron chi connectivity index (χ1n) is 11.2. The predicted molar refractivity (Wildman–Crippen MR) is 139 cm³/mol. The average Bonchev–Trinajstić information content (AvgIpc) is 2.79. The van der Waals surface area contributed by atoms with E-state index in [4.69, 9.17) is 15.2 Å². The van der Waals surface area contributed by atoms with Gasteiger partial charge in [0.15, 0.2) is 12.0 Å². The van der Waals surface area contributed by atoms with E-state index >= 15 is 0 Å². The molecule has 0 saturated carbocycles. The van der Waals surface area contributed by atoms with Crippen LogP contribution < -0.4 is 26.3 Å². The van der Waals surface area contributed by atoms with Gasteiger partial charge in [-0.2, -0.15) is 13.2 Å². The number of primary amides is 1. The molecule has 0 aliphatic carbocycles. The molecule has 210 valence electrons. The number of halogens is 5. The number of methoxy groups -OCH3 is 1. The fourth-order valence-electron chi connectivity index (χ4n) is 3.07. The number of aliphatic imine (C=N–C) groups is 1. The fraction of sp³-hybridized carbons (Fsp3) is 0.417. The van der Waals surface area contributed by atoms with Crippen LogP contribution in [-0.2, 0) is 4.79 Å². The number of carbonyl (C=O) groups is 2. The highest BCUT2D eigenvalue weighted by Crippen LogP contribution is 2.37. The SMILES string of the molecule is CC(N)=O.CCOc1c(C)cc(C(CNC(=O)c2cc(/C=N/C(C)F)c(N)c(OC)c2)C(F)(F)F)nc1Br. The minimum absolute atomic E-state index is 0.0306. The number of ether oxygens (including phenoxy) is 2. The van der Waals surface area contributed by atoms with E-state index in [9.17, 15) is 27.2 Å². The number of nitrogens with two attached hydrogens (primary N) is 2. The molecule has 2 aromatic rings. The topological polar surface area (TPSA) is 142 Å². The summed E-state index contributed by atoms with van der Waals surface area (Å²) in [6, 6.07) is 3.84. The first-order valence-corrected chi connectivity index (χ1v) is 12.0. The number of amides is 2. The van der Waals surface area contributed by atoms with Gasteiger partial charge in [0.05, 0.1) is 25.1 Å². The number of nitrogens with zero attached hydrogens (tertiary/aromatic N) is 2. The quantitative estimate of drug-likeness (QED) is 0.126. The van der Waals surface area contributed by atoms with Gasteiger partial charge >= 0.3 is 6.18 Å². The summed E-state index contributed by atoms with van der Waals surface area (Å²) in [6.07, 6.45) is -5.07. The molecule has 2 atom stereocenters. The predicted octanol–water partition coefficient (Wildman–Crippen LogP) is 4.44. The lowest BCUT2D eigenvalue weighted by atomic mass is 10.0. The lowest BCUT2D eigenvalue weighted by molar-refractivity contribution is -0.149. The molecule has 2 amide bonds. The Morgan fingerprint density at radius 3 is 2.37 bits per heavy atom. The largest absolute Gasteiger partial charge is 0.495 e. The molecule has 0 aliphatic rings. The van der Waals surface area contributed by atoms with Gasteiger partial charge in [-0.3, -0.25) is 14.6 Å². The minimum Gasteiger partial charge on any atom is -0.495 e. The van der Waals surface area contributed by atoms with Crippen LogP contribution in [0.4, 0.5) is 23.2 Å². The number of rotatable bonds is 9. The zero-order valence-corrected chi connectivity index (χ0v) is 23.0. The fourth-order valence-corrected chi connectivity index (χ4v) is 3.70. The maximum absolute atomic E-state index is 13.9. The molecule has 0 bridgehead atoms. The van der Waals surface area contributed by atoms with Crippen molar-refractivity contribution in [2.24, 2.45) is 10.7 Å². The first kappa shape index (κ1) is 32.6. The summed E-state index contributed by atoms with van der Waals surface area (Å²) in [5, 5.41) is 2.29. The number of carbonyl (C=O) groups excluding carboxylic acids is 2. The van der Waals surface area contributed by atoms with Crippen molar-refractivity contribution in [3.05, 3.63) is 45.2 Å². The number of anilines is 1. The van der Waals surface area contributed by atoms with Gasteiger partial charge in [-0.1, -0.05) is 0 Å². The normalized spacial score (nSPS) is 12.8. The standard InChI is InChI=1S/C22H25BrF4N4O3.C2H5NO/c1-5-34-19-11(2)6-16(31-20(19)23)15(22(25,26)27)10-30-21(32)13-7-14(9-29-12(3)24)18(28)17(8-13)33-4;1-2(3)4/h6-9,12,15H,5,10,28H2,1-4H3,(H,30,32);1H3,(H2,3,4)/b29-9+;. The summed E-state index contributed by atoms with van der Waals surface area (Å²) < 4.78 is 65.3. The highest BCUT2D eigenvalue weighted by atomic mass is 79.9. The van der Waals surface area contributed by atoms with Crippen molar-refractivity contribution in [2.45, 2.75) is 46.1 Å². The summed E-state index contributed by atoms with van der Waals surface area (Å²) >= 11 is 3.15. The van der Waals surface area contributed by atoms with Crippen LogP contribution in [0.15, 0.2) is 27.8 Å². The van der Waals surface area contributed by atoms with Crippen molar-refractivity contribution in [3.63, 3.8) is 0 Å². The van der Waals surface area contributed by atoms with E-state index in [1.54, 1.807) is 13.8 Å². The summed E-state index contributed by atoms with van der Waals surface area (Å²) in [7, 11) is 1.31. The molecule has 0 spiro atoms. The Labute approximate surface area is 226 Å². The molecule has 9 nitrogen and oxygen atoms in total. The third-order valence-electron chi connectivity index (χ3n) is 4.72. The molecule has 1 aromatic heterocycles. The van der Waals surface area contributed by atoms with E-state index in [-0.39, 0.29) is 38.8 Å². The number of nitrogens with one attached hydrogen (secondary N) is 1. The molecule has 0 aliphatic heterocycles. The third-order valence-corrected chi connectivity index (χ3v) is 5.26. The van der Waals surface area contributed by atoms with Crippen molar-refractivity contribution in [2.75, 3.05) is 26.0 Å². The summed E-state index contributed by atoms with van der Waals surface area (Å²) in [5.74, 6) is -2.77. The Balaban J connectivity index is 0.00000168. The van der Waals surface area contributed by atoms with Gasteiger partial charge in [0, 0.05) is 30.8 Å². The van der Waals surface area contributed by atoms with Crippen LogP contribution in [0.1, 0.15) is 53.9 Å². The Morgan fingerprint density at radius 2 is 1.89 bits per heavy atom. The molecular weight excluding hydrogens is 578 g/mol. The second-order valence-electron chi connectivity index (χ2n) is 7.87. The first-order chi connectivity index (χ1) is 17.6. The van der Waals surface area contributed by atoms with E-state index in [1.165, 1.54) is 39.2 Å². The number of alkyl halides is 4. The zero-order valence-electron chi connectivity index (χ0n) is 21.5. The third kappa shape index (κ3) is 9.80. The molecule has 0 saturated heterocycles. The second kappa shape index (κ2) is 14.5. The molecule has 0 fully saturated rings. The van der Waals surface area contributed by atoms with E-state index in [2.05, 4.69) is 37.0 Å². The van der Waals surface area contributed by atoms with Crippen LogP contribution in [0.2, 0.25) is 0 Å². The molecule has 1 aromatic carbocycles. The molecule has 5 N–H and O–H groups in total. The van der Waals surface area contributed by atoms with Gasteiger partial charge in [-0.15, -0.1) is 0 Å². The lowest BCUT2D eigenvalue weighted by Gasteiger charge is -2.22. The molecule has 2 unspecified atom stereocenters. The second-order valence-corrected chi connectivity index (χ2v) is 8.62. The Hall–Kier alpha value is -3.42. The number of aromatic nitrogens is 1. The molecule has 38 heavy (non-hydrogen) atoms. The van der Waals surface area contributed by atoms with Crippen molar-refractivity contribution >= 4 is 39.6 Å². The Bertz CT molecular complexity index is 1130. The number of pyridine rings is 1. The highest BCUT2D eigenvalue weighted by molar-refractivity contribution is 9.10. The molecular formula is C24H30BrF4N5O4. The minimum atomic E-state index is -4.69. The van der Waals surface area contributed by atoms with Gasteiger partial charge < -0.3 is 26.3 Å². The summed E-state index contributed by atoms with van der Waals surface area (Å²) in [6.45, 7) is 5.41. The zero-order chi connectivity index (χ0) is 29.2. The van der Waals surface area contributed by atoms with E-state index in [0.29, 0.717) is 17.9 Å². The van der Waals surface area contributed by atoms with Crippen LogP contribution in [0.25, 0.3) is 0 Å². The van der Waals surface area contributed by atoms with Gasteiger partial charge in [-0.25, -0.2) is 9.37 Å². The highest BCUT2D eigenvalue weighted by Gasteiger charge is 2.42. The molecule has 14 heteroatoms. The molecule has 0 radical (unpaired) electrons. The van der Waals surface area contributed by atoms with E-state index in [0.717, 1.165) is 6.21 Å². The summed E-state index contributed by atoms with van der Waals surface area (Å²) in [4.78, 5) is 29.5. The monoisotopic (exact) mass is 607 g/mol. The van der Waals surface area contributed by atoms with Crippen LogP contribution in [0.3, 0.4) is 0 Å². The maximum atomic E-state index is 13.9. The van der Waals surface area contributed by atoms with E-state index in [1.807, 2.05) is 0 Å². The molecule has 2 rings (SSSR count). The maximum Gasteiger partial charge on any atom is 0.398 e. The van der Waals surface area contributed by atoms with Gasteiger partial charge in [0.25, 0.3) is 5.91 Å². The van der Waals surface area contributed by atoms with Crippen LogP contribution in [0, 0.1) is 6.92 Å². The lowest BCUT2D eigenvalue weighted by Crippen LogP contribution is -2.35. The number of nitrogen functional groups attached to an aromatic ring is 1. The summed E-state index contributed by atoms with van der Waals surface area (Å²) in [5.41, 5.74) is 10.9. The smallest absolute Gasteiger partial charge is 0.398 e. The van der Waals surface area contributed by atoms with Crippen LogP contribution in [-0.4, -0.2) is 55.7 Å². The molecule has 1 heterocycles. The Kier molecular flexibility index (Phi) is 12.4. The van der Waals surface area contributed by atoms with Gasteiger partial charge in [-0.05, 0) is 60.5 Å². The van der Waals surface area contributed by atoms with Crippen LogP contribution in [0.5, 0.6) is 11.5 Å². The van der Waals surface area contributed by atoms with Gasteiger partial charge in [0.1, 0.15) is 16.3 Å². The number of hydrogen-bond donors (Lipinski definition) is 3. The Morgan fingerprint density at radius 1 is 1.29 bits per heavy atom. The van der Waals surface area contributed by atoms with Crippen molar-refractivity contribution in [1.29, 1.82) is 0 Å². The van der Waals surface area contributed by atoms with Crippen LogP contribution >= 0.6 is 15.9 Å². The van der Waals surface area contributed by atoms with Crippen molar-refractivity contribution < 1.29 is 36.6 Å². The number of aryl methyl sites for hydroxylation is 1. The van der Waals surface area contributed by atoms with Gasteiger partial charge in [0.2, 0.25) is 5.91 Å². The van der Waals surface area contributed by atoms with E-state index < -0.39 is 30.8 Å². The average molecular weight is 608 g/mol. The van der Waals surface area contributed by atoms with Crippen molar-refractivity contribution in [1.82, 2.24) is 10.3 Å². The van der Waals surface area contributed by atoms with Crippen molar-refractivity contribution in [3.8, 4) is 11.5 Å².